The molecule has 0 aliphatic rings. The first kappa shape index (κ1) is 11.9. The molecule has 17 heavy (non-hydrogen) atoms. The minimum atomic E-state index is 0.406. The van der Waals surface area contributed by atoms with Gasteiger partial charge in [0.25, 0.3) is 0 Å². The van der Waals surface area contributed by atoms with Crippen molar-refractivity contribution in [3.05, 3.63) is 51.6 Å². The zero-order chi connectivity index (χ0) is 12.3. The fourth-order valence-corrected chi connectivity index (χ4v) is 1.86. The summed E-state index contributed by atoms with van der Waals surface area (Å²) in [6, 6.07) is 12.8. The molecule has 0 amide bonds. The number of aromatic nitrogens is 1. The van der Waals surface area contributed by atoms with Crippen molar-refractivity contribution in [1.29, 1.82) is 5.26 Å². The van der Waals surface area contributed by atoms with Gasteiger partial charge in [-0.1, -0.05) is 33.6 Å². The molecule has 2 aromatic rings. The Hall–Kier alpha value is -1.57. The Bertz CT molecular complexity index is 593. The average Bonchev–Trinajstić information content (AvgIpc) is 2.29. The van der Waals surface area contributed by atoms with E-state index in [1.165, 1.54) is 0 Å². The van der Waals surface area contributed by atoms with Gasteiger partial charge in [-0.25, -0.2) is 4.98 Å². The third-order valence-corrected chi connectivity index (χ3v) is 2.78. The third kappa shape index (κ3) is 2.96. The van der Waals surface area contributed by atoms with E-state index in [0.717, 1.165) is 4.47 Å². The van der Waals surface area contributed by atoms with E-state index < -0.39 is 0 Å². The Morgan fingerprint density at radius 3 is 2.82 bits per heavy atom. The van der Waals surface area contributed by atoms with Crippen molar-refractivity contribution in [3.8, 4) is 6.07 Å². The summed E-state index contributed by atoms with van der Waals surface area (Å²) in [6.07, 6.45) is 0. The van der Waals surface area contributed by atoms with Gasteiger partial charge in [-0.05, 0) is 30.3 Å². The lowest BCUT2D eigenvalue weighted by atomic mass is 10.2. The van der Waals surface area contributed by atoms with Crippen LogP contribution >= 0.6 is 27.5 Å². The molecule has 84 valence electrons. The molecule has 1 N–H and O–H groups in total. The molecule has 0 aliphatic carbocycles. The van der Waals surface area contributed by atoms with Crippen LogP contribution in [0.2, 0.25) is 5.15 Å². The zero-order valence-electron chi connectivity index (χ0n) is 8.61. The summed E-state index contributed by atoms with van der Waals surface area (Å²) < 4.78 is 0.890. The molecule has 0 aliphatic heterocycles. The summed E-state index contributed by atoms with van der Waals surface area (Å²) in [6.45, 7) is 0. The molecule has 1 aromatic heterocycles. The number of hydrogen-bond donors (Lipinski definition) is 1. The van der Waals surface area contributed by atoms with Crippen LogP contribution in [0.15, 0.2) is 40.9 Å². The standard InChI is InChI=1S/C12H7BrClN3/c13-9-5-4-8(7-15)10(6-9)16-12-3-1-2-11(14)17-12/h1-6H,(H,16,17). The first-order valence-corrected chi connectivity index (χ1v) is 5.95. The van der Waals surface area contributed by atoms with E-state index in [-0.39, 0.29) is 0 Å². The molecule has 2 rings (SSSR count). The molecule has 1 aromatic carbocycles. The summed E-state index contributed by atoms with van der Waals surface area (Å²) in [5, 5.41) is 12.5. The van der Waals surface area contributed by atoms with E-state index in [0.29, 0.717) is 22.2 Å². The number of halogens is 2. The Kier molecular flexibility index (Phi) is 3.62. The second kappa shape index (κ2) is 5.17. The van der Waals surface area contributed by atoms with Crippen LogP contribution in [-0.2, 0) is 0 Å². The number of nitriles is 1. The number of rotatable bonds is 2. The molecule has 0 fully saturated rings. The van der Waals surface area contributed by atoms with Gasteiger partial charge in [0.1, 0.15) is 17.0 Å². The van der Waals surface area contributed by atoms with Gasteiger partial charge in [-0.3, -0.25) is 0 Å². The van der Waals surface area contributed by atoms with Gasteiger partial charge < -0.3 is 5.32 Å². The highest BCUT2D eigenvalue weighted by Gasteiger charge is 2.04. The van der Waals surface area contributed by atoms with Crippen LogP contribution in [0.3, 0.4) is 0 Å². The molecule has 0 saturated heterocycles. The predicted octanol–water partition coefficient (Wildman–Crippen LogP) is 4.11. The maximum Gasteiger partial charge on any atom is 0.132 e. The Labute approximate surface area is 112 Å². The molecular weight excluding hydrogens is 302 g/mol. The normalized spacial score (nSPS) is 9.71. The highest BCUT2D eigenvalue weighted by Crippen LogP contribution is 2.24. The van der Waals surface area contributed by atoms with E-state index in [2.05, 4.69) is 32.3 Å². The second-order valence-electron chi connectivity index (χ2n) is 3.27. The number of nitrogens with zero attached hydrogens (tertiary/aromatic N) is 2. The van der Waals surface area contributed by atoms with Gasteiger partial charge in [-0.15, -0.1) is 0 Å². The monoisotopic (exact) mass is 307 g/mol. The Morgan fingerprint density at radius 1 is 1.29 bits per heavy atom. The highest BCUT2D eigenvalue weighted by atomic mass is 79.9. The molecule has 1 heterocycles. The van der Waals surface area contributed by atoms with Crippen molar-refractivity contribution < 1.29 is 0 Å². The predicted molar refractivity (Wildman–Crippen MR) is 71.4 cm³/mol. The fraction of sp³-hybridized carbons (Fsp3) is 0. The summed E-state index contributed by atoms with van der Waals surface area (Å²) in [5.41, 5.74) is 1.24. The van der Waals surface area contributed by atoms with Crippen molar-refractivity contribution in [2.24, 2.45) is 0 Å². The lowest BCUT2D eigenvalue weighted by molar-refractivity contribution is 1.30. The minimum absolute atomic E-state index is 0.406. The molecule has 0 radical (unpaired) electrons. The van der Waals surface area contributed by atoms with Crippen molar-refractivity contribution in [2.75, 3.05) is 5.32 Å². The first-order valence-electron chi connectivity index (χ1n) is 4.78. The zero-order valence-corrected chi connectivity index (χ0v) is 11.0. The number of nitrogens with one attached hydrogen (secondary N) is 1. The van der Waals surface area contributed by atoms with Gasteiger partial charge in [0.05, 0.1) is 11.3 Å². The average molecular weight is 309 g/mol. The maximum atomic E-state index is 8.99. The molecular formula is C12H7BrClN3. The summed E-state index contributed by atoms with van der Waals surface area (Å²) in [4.78, 5) is 4.10. The lowest BCUT2D eigenvalue weighted by Gasteiger charge is -2.07. The number of anilines is 2. The van der Waals surface area contributed by atoms with Crippen LogP contribution in [0.5, 0.6) is 0 Å². The van der Waals surface area contributed by atoms with Gasteiger partial charge in [-0.2, -0.15) is 5.26 Å². The summed E-state index contributed by atoms with van der Waals surface area (Å²) in [7, 11) is 0. The van der Waals surface area contributed by atoms with Gasteiger partial charge in [0.2, 0.25) is 0 Å². The fourth-order valence-electron chi connectivity index (χ4n) is 1.33. The van der Waals surface area contributed by atoms with Gasteiger partial charge in [0, 0.05) is 4.47 Å². The molecule has 0 atom stereocenters. The van der Waals surface area contributed by atoms with Crippen LogP contribution in [0.1, 0.15) is 5.56 Å². The van der Waals surface area contributed by atoms with E-state index in [1.807, 2.05) is 12.1 Å². The van der Waals surface area contributed by atoms with E-state index >= 15 is 0 Å². The van der Waals surface area contributed by atoms with Crippen LogP contribution in [-0.4, -0.2) is 4.98 Å². The smallest absolute Gasteiger partial charge is 0.132 e. The molecule has 5 heteroatoms. The van der Waals surface area contributed by atoms with E-state index in [9.17, 15) is 0 Å². The van der Waals surface area contributed by atoms with Crippen molar-refractivity contribution in [3.63, 3.8) is 0 Å². The number of hydrogen-bond acceptors (Lipinski definition) is 3. The van der Waals surface area contributed by atoms with Gasteiger partial charge >= 0.3 is 0 Å². The molecule has 0 unspecified atom stereocenters. The summed E-state index contributed by atoms with van der Waals surface area (Å²) in [5.74, 6) is 0.604. The maximum absolute atomic E-state index is 8.99. The minimum Gasteiger partial charge on any atom is -0.339 e. The van der Waals surface area contributed by atoms with E-state index in [1.54, 1.807) is 24.3 Å². The van der Waals surface area contributed by atoms with Crippen molar-refractivity contribution in [1.82, 2.24) is 4.98 Å². The number of benzene rings is 1. The van der Waals surface area contributed by atoms with Crippen LogP contribution < -0.4 is 5.32 Å². The van der Waals surface area contributed by atoms with E-state index in [4.69, 9.17) is 16.9 Å². The number of pyridine rings is 1. The Morgan fingerprint density at radius 2 is 2.12 bits per heavy atom. The highest BCUT2D eigenvalue weighted by molar-refractivity contribution is 9.10. The van der Waals surface area contributed by atoms with Crippen LogP contribution in [0, 0.1) is 11.3 Å². The lowest BCUT2D eigenvalue weighted by Crippen LogP contribution is -1.96. The third-order valence-electron chi connectivity index (χ3n) is 2.08. The van der Waals surface area contributed by atoms with Crippen molar-refractivity contribution in [2.45, 2.75) is 0 Å². The van der Waals surface area contributed by atoms with Crippen molar-refractivity contribution >= 4 is 39.0 Å². The SMILES string of the molecule is N#Cc1ccc(Br)cc1Nc1cccc(Cl)n1. The second-order valence-corrected chi connectivity index (χ2v) is 4.58. The van der Waals surface area contributed by atoms with Crippen LogP contribution in [0.25, 0.3) is 0 Å². The molecule has 0 bridgehead atoms. The van der Waals surface area contributed by atoms with Gasteiger partial charge in [0.15, 0.2) is 0 Å². The molecule has 3 nitrogen and oxygen atoms in total. The van der Waals surface area contributed by atoms with Crippen LogP contribution in [0.4, 0.5) is 11.5 Å². The molecule has 0 saturated carbocycles. The Balaban J connectivity index is 2.36. The molecule has 0 spiro atoms. The summed E-state index contributed by atoms with van der Waals surface area (Å²) >= 11 is 9.15. The topological polar surface area (TPSA) is 48.7 Å². The first-order chi connectivity index (χ1) is 8.19. The quantitative estimate of drug-likeness (QED) is 0.849. The largest absolute Gasteiger partial charge is 0.339 e.